The Kier molecular flexibility index (Phi) is 6.22. The van der Waals surface area contributed by atoms with E-state index in [0.717, 1.165) is 5.56 Å². The topological polar surface area (TPSA) is 95.0 Å². The second-order valence-corrected chi connectivity index (χ2v) is 7.63. The van der Waals surface area contributed by atoms with E-state index in [-0.39, 0.29) is 24.1 Å². The smallest absolute Gasteiger partial charge is 0.414 e. The summed E-state index contributed by atoms with van der Waals surface area (Å²) in [4.78, 5) is 28.2. The number of nitrogens with one attached hydrogen (secondary N) is 2. The first-order chi connectivity index (χ1) is 13.8. The van der Waals surface area contributed by atoms with Crippen LogP contribution in [0.25, 0.3) is 5.57 Å². The molecule has 0 saturated carbocycles. The number of benzene rings is 1. The second kappa shape index (κ2) is 8.65. The van der Waals surface area contributed by atoms with Gasteiger partial charge in [-0.3, -0.25) is 9.69 Å². The molecule has 1 atom stereocenters. The molecular formula is C21H28N4O4. The number of anilines is 2. The Morgan fingerprint density at radius 3 is 2.59 bits per heavy atom. The molecular weight excluding hydrogens is 372 g/mol. The van der Waals surface area contributed by atoms with E-state index in [1.165, 1.54) is 13.1 Å². The summed E-state index contributed by atoms with van der Waals surface area (Å²) >= 11 is 0. The van der Waals surface area contributed by atoms with Crippen molar-refractivity contribution in [1.82, 2.24) is 5.32 Å². The average Bonchev–Trinajstić information content (AvgIpc) is 2.61. The van der Waals surface area contributed by atoms with Gasteiger partial charge in [-0.15, -0.1) is 0 Å². The molecule has 0 aliphatic carbocycles. The zero-order valence-electron chi connectivity index (χ0n) is 17.3. The van der Waals surface area contributed by atoms with Crippen molar-refractivity contribution >= 4 is 35.2 Å². The summed E-state index contributed by atoms with van der Waals surface area (Å²) in [7, 11) is 0. The highest BCUT2D eigenvalue weighted by atomic mass is 16.6. The molecule has 1 aromatic carbocycles. The number of hydrogen-bond donors (Lipinski definition) is 2. The van der Waals surface area contributed by atoms with Gasteiger partial charge in [0.1, 0.15) is 0 Å². The Morgan fingerprint density at radius 2 is 2.03 bits per heavy atom. The van der Waals surface area contributed by atoms with E-state index in [4.69, 9.17) is 14.9 Å². The van der Waals surface area contributed by atoms with Gasteiger partial charge in [-0.2, -0.15) is 0 Å². The molecule has 2 heterocycles. The zero-order chi connectivity index (χ0) is 21.1. The fraction of sp³-hybridized carbons (Fsp3) is 0.476. The first-order valence-corrected chi connectivity index (χ1v) is 9.78. The van der Waals surface area contributed by atoms with Crippen LogP contribution in [0.15, 0.2) is 24.4 Å². The van der Waals surface area contributed by atoms with Gasteiger partial charge in [0.2, 0.25) is 5.91 Å². The molecule has 2 amide bonds. The molecule has 8 nitrogen and oxygen atoms in total. The highest BCUT2D eigenvalue weighted by Crippen LogP contribution is 2.38. The molecule has 2 N–H and O–H groups in total. The van der Waals surface area contributed by atoms with Gasteiger partial charge < -0.3 is 25.1 Å². The lowest BCUT2D eigenvalue weighted by Crippen LogP contribution is -2.51. The maximum atomic E-state index is 12.7. The Balaban J connectivity index is 2.00. The predicted octanol–water partition coefficient (Wildman–Crippen LogP) is 2.77. The summed E-state index contributed by atoms with van der Waals surface area (Å²) < 4.78 is 10.6. The van der Waals surface area contributed by atoms with Crippen molar-refractivity contribution in [3.05, 3.63) is 30.0 Å². The summed E-state index contributed by atoms with van der Waals surface area (Å²) in [5.74, 6) is -0.0853. The lowest BCUT2D eigenvalue weighted by Gasteiger charge is -2.40. The normalized spacial score (nSPS) is 19.5. The van der Waals surface area contributed by atoms with Gasteiger partial charge in [0.25, 0.3) is 0 Å². The third kappa shape index (κ3) is 4.42. The molecule has 3 rings (SSSR count). The standard InChI is InChI=1S/C21H28N4O4/c1-13(2)29-21(27)24-10-14(3)25(15(4)26)19-6-5-16(7-20(19)24)17(8-22)9-23-18-11-28-12-18/h5-9,13-14,18,22-23H,10-12H2,1-4H3/b17-9+,22-8?. The van der Waals surface area contributed by atoms with Gasteiger partial charge in [0, 0.05) is 31.5 Å². The van der Waals surface area contributed by atoms with Gasteiger partial charge in [-0.25, -0.2) is 4.79 Å². The van der Waals surface area contributed by atoms with Crippen LogP contribution in [-0.4, -0.2) is 56.2 Å². The van der Waals surface area contributed by atoms with Crippen LogP contribution in [0.1, 0.15) is 33.3 Å². The molecule has 0 spiro atoms. The number of hydrogen-bond acceptors (Lipinski definition) is 6. The molecule has 2 aliphatic heterocycles. The lowest BCUT2D eigenvalue weighted by atomic mass is 10.0. The largest absolute Gasteiger partial charge is 0.446 e. The van der Waals surface area contributed by atoms with Crippen molar-refractivity contribution in [2.24, 2.45) is 0 Å². The number of carbonyl (C=O) groups excluding carboxylic acids is 2. The fourth-order valence-corrected chi connectivity index (χ4v) is 3.47. The number of carbonyl (C=O) groups is 2. The second-order valence-electron chi connectivity index (χ2n) is 7.63. The maximum absolute atomic E-state index is 12.7. The van der Waals surface area contributed by atoms with Gasteiger partial charge in [-0.05, 0) is 38.5 Å². The number of rotatable bonds is 5. The number of allylic oxidation sites excluding steroid dienone is 1. The summed E-state index contributed by atoms with van der Waals surface area (Å²) in [5.41, 5.74) is 2.70. The minimum atomic E-state index is -0.446. The molecule has 29 heavy (non-hydrogen) atoms. The summed E-state index contributed by atoms with van der Waals surface area (Å²) in [5, 5.41) is 11.0. The summed E-state index contributed by atoms with van der Waals surface area (Å²) in [6.07, 6.45) is 2.35. The van der Waals surface area contributed by atoms with Gasteiger partial charge in [0.15, 0.2) is 0 Å². The maximum Gasteiger partial charge on any atom is 0.414 e. The average molecular weight is 400 g/mol. The third-order valence-electron chi connectivity index (χ3n) is 4.91. The molecule has 0 bridgehead atoms. The summed E-state index contributed by atoms with van der Waals surface area (Å²) in [6, 6.07) is 5.57. The summed E-state index contributed by atoms with van der Waals surface area (Å²) in [6.45, 7) is 8.65. The van der Waals surface area contributed by atoms with E-state index in [2.05, 4.69) is 5.32 Å². The number of fused-ring (bicyclic) bond motifs is 1. The molecule has 156 valence electrons. The molecule has 2 aliphatic rings. The van der Waals surface area contributed by atoms with Crippen LogP contribution in [0.4, 0.5) is 16.2 Å². The number of nitrogens with zero attached hydrogens (tertiary/aromatic N) is 2. The van der Waals surface area contributed by atoms with E-state index in [0.29, 0.717) is 36.7 Å². The van der Waals surface area contributed by atoms with Crippen molar-refractivity contribution < 1.29 is 19.1 Å². The van der Waals surface area contributed by atoms with E-state index in [1.54, 1.807) is 29.8 Å². The van der Waals surface area contributed by atoms with Crippen molar-refractivity contribution in [2.45, 2.75) is 45.9 Å². The van der Waals surface area contributed by atoms with Crippen LogP contribution in [-0.2, 0) is 14.3 Å². The SMILES string of the molecule is CC(=O)N1c2ccc(/C(C=N)=C/NC3COC3)cc2N(C(=O)OC(C)C)CC1C. The zero-order valence-corrected chi connectivity index (χ0v) is 17.3. The quantitative estimate of drug-likeness (QED) is 0.741. The first kappa shape index (κ1) is 20.9. The van der Waals surface area contributed by atoms with Crippen LogP contribution in [0, 0.1) is 5.41 Å². The minimum Gasteiger partial charge on any atom is -0.446 e. The van der Waals surface area contributed by atoms with Crippen LogP contribution in [0.5, 0.6) is 0 Å². The van der Waals surface area contributed by atoms with Gasteiger partial charge in [-0.1, -0.05) is 6.07 Å². The highest BCUT2D eigenvalue weighted by molar-refractivity contribution is 6.10. The molecule has 1 unspecified atom stereocenters. The number of ether oxygens (including phenoxy) is 2. The molecule has 1 fully saturated rings. The Labute approximate surface area is 171 Å². The van der Waals surface area contributed by atoms with Crippen LogP contribution in [0.3, 0.4) is 0 Å². The fourth-order valence-electron chi connectivity index (χ4n) is 3.47. The van der Waals surface area contributed by atoms with Gasteiger partial charge in [0.05, 0.1) is 42.8 Å². The van der Waals surface area contributed by atoms with E-state index >= 15 is 0 Å². The Hall–Kier alpha value is -2.87. The van der Waals surface area contributed by atoms with Crippen LogP contribution in [0.2, 0.25) is 0 Å². The lowest BCUT2D eigenvalue weighted by molar-refractivity contribution is -0.117. The highest BCUT2D eigenvalue weighted by Gasteiger charge is 2.34. The molecule has 8 heteroatoms. The monoisotopic (exact) mass is 400 g/mol. The van der Waals surface area contributed by atoms with Crippen molar-refractivity contribution in [2.75, 3.05) is 29.6 Å². The minimum absolute atomic E-state index is 0.0853. The Morgan fingerprint density at radius 1 is 1.31 bits per heavy atom. The van der Waals surface area contributed by atoms with E-state index in [9.17, 15) is 9.59 Å². The van der Waals surface area contributed by atoms with Gasteiger partial charge >= 0.3 is 6.09 Å². The van der Waals surface area contributed by atoms with E-state index < -0.39 is 6.09 Å². The molecule has 1 aromatic rings. The van der Waals surface area contributed by atoms with Crippen LogP contribution < -0.4 is 15.1 Å². The van der Waals surface area contributed by atoms with Crippen molar-refractivity contribution in [1.29, 1.82) is 5.41 Å². The molecule has 1 saturated heterocycles. The Bertz CT molecular complexity index is 832. The third-order valence-corrected chi connectivity index (χ3v) is 4.91. The van der Waals surface area contributed by atoms with Crippen LogP contribution >= 0.6 is 0 Å². The predicted molar refractivity (Wildman–Crippen MR) is 113 cm³/mol. The van der Waals surface area contributed by atoms with Crippen molar-refractivity contribution in [3.63, 3.8) is 0 Å². The van der Waals surface area contributed by atoms with Crippen molar-refractivity contribution in [3.8, 4) is 0 Å². The molecule has 0 radical (unpaired) electrons. The molecule has 0 aromatic heterocycles. The first-order valence-electron chi connectivity index (χ1n) is 9.78. The number of amides is 2. The van der Waals surface area contributed by atoms with E-state index in [1.807, 2.05) is 25.1 Å².